The van der Waals surface area contributed by atoms with E-state index in [0.29, 0.717) is 11.8 Å². The molecule has 3 aliphatic carbocycles. The fraction of sp³-hybridized carbons (Fsp3) is 0.231. The zero-order valence-corrected chi connectivity index (χ0v) is 24.1. The van der Waals surface area contributed by atoms with Crippen LogP contribution in [-0.2, 0) is 5.41 Å². The molecular weight excluding hydrogens is 498 g/mol. The van der Waals surface area contributed by atoms with Gasteiger partial charge in [-0.15, -0.1) is 0 Å². The summed E-state index contributed by atoms with van der Waals surface area (Å²) in [5.74, 6) is 0.926. The number of furan rings is 1. The van der Waals surface area contributed by atoms with Gasteiger partial charge in [0.1, 0.15) is 5.58 Å². The van der Waals surface area contributed by atoms with Crippen molar-refractivity contribution in [2.45, 2.75) is 51.9 Å². The Hall–Kier alpha value is -4.30. The van der Waals surface area contributed by atoms with Crippen LogP contribution in [-0.4, -0.2) is 4.57 Å². The van der Waals surface area contributed by atoms with Gasteiger partial charge in [0, 0.05) is 26.8 Å². The largest absolute Gasteiger partial charge is 0.454 e. The fourth-order valence-electron chi connectivity index (χ4n) is 8.42. The van der Waals surface area contributed by atoms with Crippen molar-refractivity contribution in [3.63, 3.8) is 0 Å². The number of hydrogen-bond acceptors (Lipinski definition) is 1. The van der Waals surface area contributed by atoms with Crippen LogP contribution in [0.3, 0.4) is 0 Å². The Morgan fingerprint density at radius 3 is 2.54 bits per heavy atom. The summed E-state index contributed by atoms with van der Waals surface area (Å²) in [6.07, 6.45) is 7.14. The number of nitrogens with zero attached hydrogens (tertiary/aromatic N) is 1. The van der Waals surface area contributed by atoms with Crippen LogP contribution in [0.2, 0.25) is 0 Å². The Balaban J connectivity index is 1.41. The molecule has 3 aliphatic rings. The highest BCUT2D eigenvalue weighted by atomic mass is 16.3. The molecule has 0 amide bonds. The van der Waals surface area contributed by atoms with Gasteiger partial charge in [-0.1, -0.05) is 101 Å². The molecule has 0 saturated heterocycles. The minimum Gasteiger partial charge on any atom is -0.454 e. The molecule has 0 spiro atoms. The number of aromatic nitrogens is 1. The molecular formula is C39H33NO. The Bertz CT molecular complexity index is 2270. The predicted octanol–water partition coefficient (Wildman–Crippen LogP) is 8.84. The van der Waals surface area contributed by atoms with E-state index in [9.17, 15) is 0 Å². The van der Waals surface area contributed by atoms with Gasteiger partial charge in [0.05, 0.1) is 16.6 Å². The third-order valence-corrected chi connectivity index (χ3v) is 10.1. The number of benzene rings is 4. The number of para-hydroxylation sites is 2. The number of rotatable bonds is 1. The van der Waals surface area contributed by atoms with Crippen molar-refractivity contribution in [2.24, 2.45) is 5.92 Å². The summed E-state index contributed by atoms with van der Waals surface area (Å²) in [6.45, 7) is 9.61. The summed E-state index contributed by atoms with van der Waals surface area (Å²) in [4.78, 5) is 0. The van der Waals surface area contributed by atoms with Gasteiger partial charge in [0.25, 0.3) is 0 Å². The molecule has 200 valence electrons. The summed E-state index contributed by atoms with van der Waals surface area (Å²) in [5.41, 5.74) is 13.3. The Kier molecular flexibility index (Phi) is 4.52. The lowest BCUT2D eigenvalue weighted by atomic mass is 9.71. The first-order valence-corrected chi connectivity index (χ1v) is 15.1. The third kappa shape index (κ3) is 2.93. The smallest absolute Gasteiger partial charge is 0.159 e. The van der Waals surface area contributed by atoms with Crippen LogP contribution in [0.1, 0.15) is 68.7 Å². The third-order valence-electron chi connectivity index (χ3n) is 10.1. The topological polar surface area (TPSA) is 18.1 Å². The van der Waals surface area contributed by atoms with Crippen LogP contribution in [0.4, 0.5) is 0 Å². The van der Waals surface area contributed by atoms with Crippen LogP contribution >= 0.6 is 0 Å². The normalized spacial score (nSPS) is 20.5. The van der Waals surface area contributed by atoms with Gasteiger partial charge in [-0.3, -0.25) is 0 Å². The summed E-state index contributed by atoms with van der Waals surface area (Å²) in [6, 6.07) is 28.9. The summed E-state index contributed by atoms with van der Waals surface area (Å²) >= 11 is 0. The molecule has 2 atom stereocenters. The minimum atomic E-state index is -0.0126. The van der Waals surface area contributed by atoms with E-state index < -0.39 is 0 Å². The van der Waals surface area contributed by atoms with E-state index >= 15 is 0 Å². The highest BCUT2D eigenvalue weighted by molar-refractivity contribution is 6.09. The van der Waals surface area contributed by atoms with E-state index in [-0.39, 0.29) is 5.41 Å². The molecule has 2 aromatic heterocycles. The molecule has 0 bridgehead atoms. The van der Waals surface area contributed by atoms with Crippen LogP contribution in [0.25, 0.3) is 61.8 Å². The van der Waals surface area contributed by atoms with Gasteiger partial charge in [0.2, 0.25) is 0 Å². The van der Waals surface area contributed by atoms with E-state index in [1.807, 2.05) is 0 Å². The highest BCUT2D eigenvalue weighted by Crippen LogP contribution is 2.57. The maximum Gasteiger partial charge on any atom is 0.159 e. The fourth-order valence-corrected chi connectivity index (χ4v) is 8.42. The lowest BCUT2D eigenvalue weighted by Crippen LogP contribution is -2.32. The molecule has 2 nitrogen and oxygen atoms in total. The van der Waals surface area contributed by atoms with Crippen molar-refractivity contribution < 1.29 is 4.42 Å². The van der Waals surface area contributed by atoms with Crippen molar-refractivity contribution in [3.05, 3.63) is 112 Å². The first-order valence-electron chi connectivity index (χ1n) is 15.1. The monoisotopic (exact) mass is 531 g/mol. The first kappa shape index (κ1) is 23.4. The van der Waals surface area contributed by atoms with E-state index in [1.165, 1.54) is 60.1 Å². The minimum absolute atomic E-state index is 0.0126. The molecule has 2 heterocycles. The molecule has 2 heteroatoms. The first-order chi connectivity index (χ1) is 19.9. The molecule has 0 aliphatic heterocycles. The van der Waals surface area contributed by atoms with Gasteiger partial charge in [-0.25, -0.2) is 0 Å². The number of hydrogen-bond donors (Lipinski definition) is 0. The Morgan fingerprint density at radius 1 is 0.829 bits per heavy atom. The van der Waals surface area contributed by atoms with E-state index in [2.05, 4.69) is 123 Å². The predicted molar refractivity (Wildman–Crippen MR) is 172 cm³/mol. The quantitative estimate of drug-likeness (QED) is 0.207. The van der Waals surface area contributed by atoms with Crippen LogP contribution in [0.15, 0.2) is 83.3 Å². The molecule has 6 aromatic rings. The second-order valence-corrected chi connectivity index (χ2v) is 13.0. The van der Waals surface area contributed by atoms with Crippen molar-refractivity contribution in [1.29, 1.82) is 0 Å². The van der Waals surface area contributed by atoms with Crippen molar-refractivity contribution in [3.8, 4) is 5.69 Å². The SMILES string of the molecule is CC1C=c2c(c3c4c(ccc3n2-c2cccc3c2oc2ccccc23)C2=C(CC4C)c3ccccc3C2(C)C)=CC1. The van der Waals surface area contributed by atoms with Gasteiger partial charge in [-0.2, -0.15) is 0 Å². The molecule has 2 unspecified atom stereocenters. The molecule has 0 saturated carbocycles. The zero-order valence-electron chi connectivity index (χ0n) is 24.1. The average Bonchev–Trinajstić information content (AvgIpc) is 3.59. The summed E-state index contributed by atoms with van der Waals surface area (Å²) < 4.78 is 9.07. The second-order valence-electron chi connectivity index (χ2n) is 13.0. The van der Waals surface area contributed by atoms with Crippen LogP contribution in [0.5, 0.6) is 0 Å². The lowest BCUT2D eigenvalue weighted by Gasteiger charge is -2.32. The van der Waals surface area contributed by atoms with Crippen LogP contribution in [0, 0.1) is 5.92 Å². The van der Waals surface area contributed by atoms with Crippen LogP contribution < -0.4 is 10.6 Å². The Labute approximate surface area is 239 Å². The standard InChI is InChI=1S/C39H33NO/c1-22-16-17-27-33(20-22)40(32-14-9-12-26-25-11-6-8-15-34(25)41-38(26)32)31-19-18-28-35(36(27)31)23(2)21-29-24-10-5-7-13-30(24)39(3,4)37(28)29/h5-15,17-20,22-23H,16,21H2,1-4H3. The lowest BCUT2D eigenvalue weighted by molar-refractivity contribution is 0.665. The van der Waals surface area contributed by atoms with E-state index in [1.54, 1.807) is 5.57 Å². The molecule has 0 radical (unpaired) electrons. The molecule has 0 N–H and O–H groups in total. The van der Waals surface area contributed by atoms with Crippen molar-refractivity contribution >= 4 is 56.1 Å². The van der Waals surface area contributed by atoms with Crippen molar-refractivity contribution in [1.82, 2.24) is 4.57 Å². The molecule has 9 rings (SSSR count). The van der Waals surface area contributed by atoms with E-state index in [0.717, 1.165) is 29.7 Å². The van der Waals surface area contributed by atoms with Gasteiger partial charge >= 0.3 is 0 Å². The summed E-state index contributed by atoms with van der Waals surface area (Å²) in [5, 5.41) is 6.48. The molecule has 41 heavy (non-hydrogen) atoms. The van der Waals surface area contributed by atoms with Gasteiger partial charge < -0.3 is 8.98 Å². The number of allylic oxidation sites excluding steroid dienone is 2. The maximum atomic E-state index is 6.58. The average molecular weight is 532 g/mol. The highest BCUT2D eigenvalue weighted by Gasteiger charge is 2.42. The molecule has 4 aromatic carbocycles. The zero-order chi connectivity index (χ0) is 27.6. The van der Waals surface area contributed by atoms with E-state index in [4.69, 9.17) is 4.42 Å². The Morgan fingerprint density at radius 2 is 1.63 bits per heavy atom. The maximum absolute atomic E-state index is 6.58. The summed E-state index contributed by atoms with van der Waals surface area (Å²) in [7, 11) is 0. The van der Waals surface area contributed by atoms with Gasteiger partial charge in [0.15, 0.2) is 5.58 Å². The number of fused-ring (bicyclic) bond motifs is 11. The molecule has 0 fully saturated rings. The van der Waals surface area contributed by atoms with Crippen molar-refractivity contribution in [2.75, 3.05) is 0 Å². The second kappa shape index (κ2) is 7.91. The van der Waals surface area contributed by atoms with Gasteiger partial charge in [-0.05, 0) is 76.3 Å².